The molecule has 1 heterocycles. The SMILES string of the molecule is CC[C@H](C)[C@H](NC(=O)[C@@H](NC(=O)[C@H](CC(=O)O)NC(C)=O)C(C)(C)C)C(=O)N[C@H](C(=O)N1CCC[C@H]1C(=O)N[C@@H](CS)C(=O)O)C(C)C. The first kappa shape index (κ1) is 42.1. The van der Waals surface area contributed by atoms with E-state index in [1.165, 1.54) is 4.90 Å². The Bertz CT molecular complexity index is 1210. The van der Waals surface area contributed by atoms with Gasteiger partial charge in [-0.25, -0.2) is 4.79 Å². The second-order valence-electron chi connectivity index (χ2n) is 13.5. The van der Waals surface area contributed by atoms with Gasteiger partial charge in [-0.2, -0.15) is 12.6 Å². The Morgan fingerprint density at radius 2 is 1.42 bits per heavy atom. The number of thiol groups is 1. The van der Waals surface area contributed by atoms with Crippen molar-refractivity contribution in [2.45, 2.75) is 117 Å². The van der Waals surface area contributed by atoms with Crippen LogP contribution in [-0.2, 0) is 38.4 Å². The molecule has 1 fully saturated rings. The van der Waals surface area contributed by atoms with Crippen LogP contribution in [0.4, 0.5) is 0 Å². The molecule has 1 aliphatic heterocycles. The van der Waals surface area contributed by atoms with Gasteiger partial charge < -0.3 is 41.7 Å². The summed E-state index contributed by atoms with van der Waals surface area (Å²) in [5.41, 5.74) is -0.922. The molecule has 272 valence electrons. The summed E-state index contributed by atoms with van der Waals surface area (Å²) in [4.78, 5) is 103. The Labute approximate surface area is 286 Å². The van der Waals surface area contributed by atoms with E-state index in [0.717, 1.165) is 6.92 Å². The van der Waals surface area contributed by atoms with E-state index in [9.17, 15) is 48.6 Å². The highest BCUT2D eigenvalue weighted by Gasteiger charge is 2.42. The summed E-state index contributed by atoms with van der Waals surface area (Å²) in [6.45, 7) is 13.3. The molecule has 0 aromatic rings. The first-order valence-corrected chi connectivity index (χ1v) is 16.6. The van der Waals surface area contributed by atoms with Gasteiger partial charge in [-0.15, -0.1) is 0 Å². The number of aliphatic carboxylic acids is 2. The maximum Gasteiger partial charge on any atom is 0.327 e. The largest absolute Gasteiger partial charge is 0.481 e. The molecule has 7 N–H and O–H groups in total. The third kappa shape index (κ3) is 12.3. The summed E-state index contributed by atoms with van der Waals surface area (Å²) in [5, 5.41) is 31.2. The lowest BCUT2D eigenvalue weighted by Gasteiger charge is -2.35. The van der Waals surface area contributed by atoms with Gasteiger partial charge in [-0.3, -0.25) is 33.6 Å². The lowest BCUT2D eigenvalue weighted by molar-refractivity contribution is -0.145. The van der Waals surface area contributed by atoms with Crippen LogP contribution in [0.15, 0.2) is 0 Å². The second-order valence-corrected chi connectivity index (χ2v) is 13.9. The van der Waals surface area contributed by atoms with Gasteiger partial charge in [-0.05, 0) is 30.1 Å². The van der Waals surface area contributed by atoms with Crippen molar-refractivity contribution in [3.63, 3.8) is 0 Å². The normalized spacial score (nSPS) is 18.4. The van der Waals surface area contributed by atoms with E-state index in [1.54, 1.807) is 48.5 Å². The minimum absolute atomic E-state index is 0.146. The lowest BCUT2D eigenvalue weighted by Crippen LogP contribution is -2.63. The van der Waals surface area contributed by atoms with Gasteiger partial charge in [0.05, 0.1) is 6.42 Å². The highest BCUT2D eigenvalue weighted by Crippen LogP contribution is 2.23. The number of carboxylic acids is 2. The Morgan fingerprint density at radius 1 is 0.833 bits per heavy atom. The van der Waals surface area contributed by atoms with Crippen LogP contribution >= 0.6 is 12.6 Å². The summed E-state index contributed by atoms with van der Waals surface area (Å²) in [6, 6.07) is -7.15. The Kier molecular flexibility index (Phi) is 16.3. The quantitative estimate of drug-likeness (QED) is 0.0919. The molecular formula is C31H52N6O10S. The average Bonchev–Trinajstić information content (AvgIpc) is 3.47. The van der Waals surface area contributed by atoms with Crippen molar-refractivity contribution >= 4 is 60.0 Å². The summed E-state index contributed by atoms with van der Waals surface area (Å²) < 4.78 is 0. The van der Waals surface area contributed by atoms with Crippen LogP contribution in [0, 0.1) is 17.3 Å². The van der Waals surface area contributed by atoms with Crippen LogP contribution in [0.3, 0.4) is 0 Å². The first-order chi connectivity index (χ1) is 22.2. The van der Waals surface area contributed by atoms with E-state index in [1.807, 2.05) is 0 Å². The van der Waals surface area contributed by atoms with Gasteiger partial charge in [0, 0.05) is 19.2 Å². The summed E-state index contributed by atoms with van der Waals surface area (Å²) in [5.74, 6) is -7.76. The van der Waals surface area contributed by atoms with Gasteiger partial charge in [0.1, 0.15) is 36.3 Å². The van der Waals surface area contributed by atoms with Gasteiger partial charge in [0.15, 0.2) is 0 Å². The number of carbonyl (C=O) groups excluding carboxylic acids is 6. The number of nitrogens with zero attached hydrogens (tertiary/aromatic N) is 1. The van der Waals surface area contributed by atoms with Crippen molar-refractivity contribution in [1.29, 1.82) is 0 Å². The van der Waals surface area contributed by atoms with Gasteiger partial charge in [-0.1, -0.05) is 54.9 Å². The Balaban J connectivity index is 3.26. The molecule has 7 atom stereocenters. The van der Waals surface area contributed by atoms with E-state index in [0.29, 0.717) is 19.3 Å². The lowest BCUT2D eigenvalue weighted by atomic mass is 9.85. The molecule has 1 rings (SSSR count). The summed E-state index contributed by atoms with van der Waals surface area (Å²) >= 11 is 3.97. The van der Waals surface area contributed by atoms with Gasteiger partial charge in [0.2, 0.25) is 35.4 Å². The fourth-order valence-electron chi connectivity index (χ4n) is 5.18. The Morgan fingerprint density at radius 3 is 1.88 bits per heavy atom. The predicted octanol–water partition coefficient (Wildman–Crippen LogP) is -0.341. The molecule has 0 aromatic carbocycles. The highest BCUT2D eigenvalue weighted by atomic mass is 32.1. The van der Waals surface area contributed by atoms with E-state index >= 15 is 0 Å². The van der Waals surface area contributed by atoms with Crippen LogP contribution in [-0.4, -0.2) is 111 Å². The van der Waals surface area contributed by atoms with Crippen molar-refractivity contribution in [2.24, 2.45) is 17.3 Å². The molecule has 0 unspecified atom stereocenters. The van der Waals surface area contributed by atoms with E-state index in [-0.39, 0.29) is 12.3 Å². The minimum Gasteiger partial charge on any atom is -0.481 e. The molecule has 48 heavy (non-hydrogen) atoms. The number of carboxylic acid groups (broad SMARTS) is 2. The van der Waals surface area contributed by atoms with Crippen molar-refractivity contribution in [2.75, 3.05) is 12.3 Å². The number of likely N-dealkylation sites (tertiary alicyclic amines) is 1. The van der Waals surface area contributed by atoms with Crippen LogP contribution in [0.1, 0.15) is 81.1 Å². The number of hydrogen-bond acceptors (Lipinski definition) is 9. The maximum atomic E-state index is 13.8. The van der Waals surface area contributed by atoms with Crippen molar-refractivity contribution < 1.29 is 48.6 Å². The zero-order valence-corrected chi connectivity index (χ0v) is 29.8. The monoisotopic (exact) mass is 700 g/mol. The highest BCUT2D eigenvalue weighted by molar-refractivity contribution is 7.80. The van der Waals surface area contributed by atoms with E-state index in [4.69, 9.17) is 0 Å². The van der Waals surface area contributed by atoms with Gasteiger partial charge >= 0.3 is 11.9 Å². The fourth-order valence-corrected chi connectivity index (χ4v) is 5.43. The molecule has 0 bridgehead atoms. The zero-order valence-electron chi connectivity index (χ0n) is 28.9. The number of nitrogens with one attached hydrogen (secondary N) is 5. The van der Waals surface area contributed by atoms with Crippen molar-refractivity contribution in [3.05, 3.63) is 0 Å². The molecule has 1 saturated heterocycles. The zero-order chi connectivity index (χ0) is 37.1. The second kappa shape index (κ2) is 18.6. The third-order valence-electron chi connectivity index (χ3n) is 8.15. The topological polar surface area (TPSA) is 240 Å². The van der Waals surface area contributed by atoms with Crippen LogP contribution in [0.25, 0.3) is 0 Å². The molecule has 0 aromatic heterocycles. The standard InChI is InChI=1S/C31H52N6O10S/c1-9-16(4)23(35-28(44)24(31(6,7)8)36-25(41)18(13-21(39)40)32-17(5)38)27(43)34-22(15(2)3)29(45)37-12-10-11-20(37)26(42)33-19(14-48)30(46)47/h15-16,18-20,22-24,48H,9-14H2,1-8H3,(H,32,38)(H,33,42)(H,34,43)(H,35,44)(H,36,41)(H,39,40)(H,46,47)/t16-,18-,19-,20-,22-,23-,24+/m0/s1. The number of amides is 6. The maximum absolute atomic E-state index is 13.8. The predicted molar refractivity (Wildman–Crippen MR) is 178 cm³/mol. The van der Waals surface area contributed by atoms with Crippen LogP contribution in [0.5, 0.6) is 0 Å². The number of hydrogen-bond donors (Lipinski definition) is 8. The molecule has 6 amide bonds. The first-order valence-electron chi connectivity index (χ1n) is 16.0. The van der Waals surface area contributed by atoms with E-state index in [2.05, 4.69) is 39.2 Å². The number of carbonyl (C=O) groups is 8. The van der Waals surface area contributed by atoms with E-state index < -0.39 is 107 Å². The third-order valence-corrected chi connectivity index (χ3v) is 8.51. The van der Waals surface area contributed by atoms with Crippen molar-refractivity contribution in [1.82, 2.24) is 31.5 Å². The summed E-state index contributed by atoms with van der Waals surface area (Å²) in [7, 11) is 0. The van der Waals surface area contributed by atoms with Crippen LogP contribution in [0.2, 0.25) is 0 Å². The molecule has 16 nitrogen and oxygen atoms in total. The fraction of sp³-hybridized carbons (Fsp3) is 0.742. The Hall–Kier alpha value is -3.89. The smallest absolute Gasteiger partial charge is 0.327 e. The molecule has 0 saturated carbocycles. The van der Waals surface area contributed by atoms with Crippen molar-refractivity contribution in [3.8, 4) is 0 Å². The molecule has 0 aliphatic carbocycles. The molecule has 0 spiro atoms. The number of rotatable bonds is 17. The molecule has 17 heteroatoms. The molecular weight excluding hydrogens is 648 g/mol. The van der Waals surface area contributed by atoms with Crippen LogP contribution < -0.4 is 26.6 Å². The summed E-state index contributed by atoms with van der Waals surface area (Å²) in [6.07, 6.45) is 0.512. The minimum atomic E-state index is -1.45. The van der Waals surface area contributed by atoms with Gasteiger partial charge in [0.25, 0.3) is 0 Å². The average molecular weight is 701 g/mol. The molecule has 0 radical (unpaired) electrons. The molecule has 1 aliphatic rings.